The van der Waals surface area contributed by atoms with E-state index in [9.17, 15) is 0 Å². The molecule has 0 radical (unpaired) electrons. The average Bonchev–Trinajstić information content (AvgIpc) is 2.28. The van der Waals surface area contributed by atoms with Gasteiger partial charge >= 0.3 is 0 Å². The zero-order valence-corrected chi connectivity index (χ0v) is 10.4. The molecule has 5 nitrogen and oxygen atoms in total. The first-order valence-corrected chi connectivity index (χ1v) is 4.49. The highest BCUT2D eigenvalue weighted by Gasteiger charge is 2.14. The van der Waals surface area contributed by atoms with Crippen LogP contribution in [0.3, 0.4) is 0 Å². The lowest BCUT2D eigenvalue weighted by molar-refractivity contribution is 0.321. The van der Waals surface area contributed by atoms with Crippen LogP contribution in [0.25, 0.3) is 0 Å². The number of ether oxygens (including phenoxy) is 3. The van der Waals surface area contributed by atoms with E-state index in [1.807, 2.05) is 12.1 Å². The predicted molar refractivity (Wildman–Crippen MR) is 64.4 cm³/mol. The van der Waals surface area contributed by atoms with E-state index in [1.165, 1.54) is 0 Å². The first-order chi connectivity index (χ1) is 7.28. The fourth-order valence-corrected chi connectivity index (χ4v) is 1.41. The average molecular weight is 249 g/mol. The van der Waals surface area contributed by atoms with Crippen LogP contribution in [0.15, 0.2) is 12.1 Å². The first kappa shape index (κ1) is 14.8. The Balaban J connectivity index is 0.00000225. The highest BCUT2D eigenvalue weighted by molar-refractivity contribution is 5.85. The summed E-state index contributed by atoms with van der Waals surface area (Å²) >= 11 is 0. The van der Waals surface area contributed by atoms with Crippen molar-refractivity contribution in [1.82, 2.24) is 5.43 Å². The van der Waals surface area contributed by atoms with Crippen LogP contribution in [0.5, 0.6) is 17.2 Å². The number of halogens is 1. The molecule has 0 unspecified atom stereocenters. The number of hydrogen-bond donors (Lipinski definition) is 2. The minimum absolute atomic E-state index is 0. The second-order valence-electron chi connectivity index (χ2n) is 2.87. The lowest BCUT2D eigenvalue weighted by Gasteiger charge is -2.15. The molecule has 0 aliphatic heterocycles. The van der Waals surface area contributed by atoms with E-state index >= 15 is 0 Å². The van der Waals surface area contributed by atoms with E-state index in [1.54, 1.807) is 21.3 Å². The van der Waals surface area contributed by atoms with Gasteiger partial charge in [0.15, 0.2) is 11.5 Å². The lowest BCUT2D eigenvalue weighted by atomic mass is 10.1. The van der Waals surface area contributed by atoms with Crippen LogP contribution in [0, 0.1) is 0 Å². The topological polar surface area (TPSA) is 65.7 Å². The summed E-state index contributed by atoms with van der Waals surface area (Å²) in [6, 6.07) is 3.69. The van der Waals surface area contributed by atoms with Crippen LogP contribution in [-0.4, -0.2) is 21.3 Å². The van der Waals surface area contributed by atoms with E-state index in [0.717, 1.165) is 5.56 Å². The predicted octanol–water partition coefficient (Wildman–Crippen LogP) is 1.10. The number of methoxy groups -OCH3 is 3. The zero-order chi connectivity index (χ0) is 11.3. The molecule has 0 aliphatic rings. The van der Waals surface area contributed by atoms with Gasteiger partial charge in [0.2, 0.25) is 5.75 Å². The number of nitrogens with two attached hydrogens (primary N) is 1. The maximum absolute atomic E-state index is 5.27. The van der Waals surface area contributed by atoms with E-state index < -0.39 is 0 Å². The summed E-state index contributed by atoms with van der Waals surface area (Å²) in [5.74, 6) is 7.11. The molecule has 1 aromatic rings. The summed E-state index contributed by atoms with van der Waals surface area (Å²) < 4.78 is 15.6. The van der Waals surface area contributed by atoms with Crippen molar-refractivity contribution in [2.45, 2.75) is 6.54 Å². The minimum Gasteiger partial charge on any atom is -0.493 e. The molecule has 0 spiro atoms. The van der Waals surface area contributed by atoms with E-state index in [-0.39, 0.29) is 12.4 Å². The van der Waals surface area contributed by atoms with Crippen molar-refractivity contribution in [3.8, 4) is 17.2 Å². The molecular formula is C10H17ClN2O3. The molecular weight excluding hydrogens is 232 g/mol. The molecule has 0 aliphatic carbocycles. The van der Waals surface area contributed by atoms with E-state index in [4.69, 9.17) is 20.1 Å². The molecule has 0 saturated heterocycles. The van der Waals surface area contributed by atoms with Crippen molar-refractivity contribution < 1.29 is 14.2 Å². The SMILES string of the molecule is COc1ccc(CNN)c(OC)c1OC.Cl. The quantitative estimate of drug-likeness (QED) is 0.603. The fourth-order valence-electron chi connectivity index (χ4n) is 1.41. The van der Waals surface area contributed by atoms with Gasteiger partial charge in [-0.25, -0.2) is 0 Å². The Labute approximate surface area is 101 Å². The van der Waals surface area contributed by atoms with Gasteiger partial charge in [-0.2, -0.15) is 0 Å². The maximum atomic E-state index is 5.27. The van der Waals surface area contributed by atoms with Crippen molar-refractivity contribution in [3.05, 3.63) is 17.7 Å². The molecule has 0 amide bonds. The second-order valence-corrected chi connectivity index (χ2v) is 2.87. The molecule has 6 heteroatoms. The molecule has 16 heavy (non-hydrogen) atoms. The Bertz CT molecular complexity index is 334. The third kappa shape index (κ3) is 2.91. The molecule has 1 aromatic carbocycles. The van der Waals surface area contributed by atoms with Crippen molar-refractivity contribution in [2.24, 2.45) is 5.84 Å². The van der Waals surface area contributed by atoms with E-state index in [2.05, 4.69) is 5.43 Å². The van der Waals surface area contributed by atoms with Crippen molar-refractivity contribution in [2.75, 3.05) is 21.3 Å². The Morgan fingerprint density at radius 1 is 1.06 bits per heavy atom. The fraction of sp³-hybridized carbons (Fsp3) is 0.400. The molecule has 0 aromatic heterocycles. The van der Waals surface area contributed by atoms with Gasteiger partial charge in [0.05, 0.1) is 21.3 Å². The Hall–Kier alpha value is -1.17. The van der Waals surface area contributed by atoms with Gasteiger partial charge in [0.1, 0.15) is 0 Å². The minimum atomic E-state index is 0. The number of hydrogen-bond acceptors (Lipinski definition) is 5. The summed E-state index contributed by atoms with van der Waals surface area (Å²) in [5, 5.41) is 0. The van der Waals surface area contributed by atoms with Crippen LogP contribution in [0.4, 0.5) is 0 Å². The van der Waals surface area contributed by atoms with Gasteiger partial charge in [-0.15, -0.1) is 12.4 Å². The third-order valence-electron chi connectivity index (χ3n) is 2.08. The van der Waals surface area contributed by atoms with E-state index in [0.29, 0.717) is 23.8 Å². The molecule has 0 bridgehead atoms. The monoisotopic (exact) mass is 248 g/mol. The van der Waals surface area contributed by atoms with Gasteiger partial charge in [0, 0.05) is 12.1 Å². The number of rotatable bonds is 5. The highest BCUT2D eigenvalue weighted by atomic mass is 35.5. The Morgan fingerprint density at radius 3 is 2.12 bits per heavy atom. The molecule has 0 atom stereocenters. The number of benzene rings is 1. The summed E-state index contributed by atoms with van der Waals surface area (Å²) in [6.07, 6.45) is 0. The summed E-state index contributed by atoms with van der Waals surface area (Å²) in [6.45, 7) is 0.503. The van der Waals surface area contributed by atoms with Crippen LogP contribution < -0.4 is 25.5 Å². The van der Waals surface area contributed by atoms with Gasteiger partial charge in [-0.1, -0.05) is 6.07 Å². The molecule has 0 heterocycles. The molecule has 0 saturated carbocycles. The summed E-state index contributed by atoms with van der Waals surface area (Å²) in [4.78, 5) is 0. The first-order valence-electron chi connectivity index (χ1n) is 4.49. The Morgan fingerprint density at radius 2 is 1.69 bits per heavy atom. The zero-order valence-electron chi connectivity index (χ0n) is 9.57. The molecule has 1 rings (SSSR count). The normalized spacial score (nSPS) is 9.25. The van der Waals surface area contributed by atoms with Gasteiger partial charge < -0.3 is 14.2 Å². The lowest BCUT2D eigenvalue weighted by Crippen LogP contribution is -2.21. The number of hydrazine groups is 1. The van der Waals surface area contributed by atoms with Crippen LogP contribution in [0.1, 0.15) is 5.56 Å². The van der Waals surface area contributed by atoms with Gasteiger partial charge in [-0.3, -0.25) is 11.3 Å². The van der Waals surface area contributed by atoms with Gasteiger partial charge in [-0.05, 0) is 6.07 Å². The van der Waals surface area contributed by atoms with Crippen LogP contribution >= 0.6 is 12.4 Å². The Kier molecular flexibility index (Phi) is 6.64. The molecule has 3 N–H and O–H groups in total. The van der Waals surface area contributed by atoms with Crippen molar-refractivity contribution >= 4 is 12.4 Å². The molecule has 92 valence electrons. The standard InChI is InChI=1S/C10H16N2O3.ClH/c1-13-8-5-4-7(6-12-11)9(14-2)10(8)15-3;/h4-5,12H,6,11H2,1-3H3;1H. The van der Waals surface area contributed by atoms with Gasteiger partial charge in [0.25, 0.3) is 0 Å². The largest absolute Gasteiger partial charge is 0.493 e. The highest BCUT2D eigenvalue weighted by Crippen LogP contribution is 2.39. The summed E-state index contributed by atoms with van der Waals surface area (Å²) in [7, 11) is 4.73. The third-order valence-corrected chi connectivity index (χ3v) is 2.08. The molecule has 0 fully saturated rings. The second kappa shape index (κ2) is 7.16. The maximum Gasteiger partial charge on any atom is 0.203 e. The van der Waals surface area contributed by atoms with Crippen LogP contribution in [0.2, 0.25) is 0 Å². The van der Waals surface area contributed by atoms with Crippen LogP contribution in [-0.2, 0) is 6.54 Å². The number of nitrogens with one attached hydrogen (secondary N) is 1. The smallest absolute Gasteiger partial charge is 0.203 e. The van der Waals surface area contributed by atoms with Crippen molar-refractivity contribution in [3.63, 3.8) is 0 Å². The summed E-state index contributed by atoms with van der Waals surface area (Å²) in [5.41, 5.74) is 3.49. The van der Waals surface area contributed by atoms with Crippen molar-refractivity contribution in [1.29, 1.82) is 0 Å².